The molecule has 0 spiro atoms. The molecule has 0 atom stereocenters. The first-order chi connectivity index (χ1) is 13.5. The molecule has 0 amide bonds. The molecule has 152 valence electrons. The molecule has 2 aromatic rings. The molecule has 0 unspecified atom stereocenters. The van der Waals surface area contributed by atoms with Crippen molar-refractivity contribution >= 4 is 17.4 Å². The summed E-state index contributed by atoms with van der Waals surface area (Å²) in [5.74, 6) is 0.645. The summed E-state index contributed by atoms with van der Waals surface area (Å²) in [6.45, 7) is 4.03. The van der Waals surface area contributed by atoms with Gasteiger partial charge >= 0.3 is 5.69 Å². The summed E-state index contributed by atoms with van der Waals surface area (Å²) in [4.78, 5) is 30.5. The number of aromatic nitrogens is 2. The number of nitrogens with one attached hydrogen (secondary N) is 1. The minimum Gasteiger partial charge on any atom is -0.490 e. The summed E-state index contributed by atoms with van der Waals surface area (Å²) in [7, 11) is 1.41. The van der Waals surface area contributed by atoms with Crippen molar-refractivity contribution in [1.82, 2.24) is 9.97 Å². The highest BCUT2D eigenvalue weighted by Gasteiger charge is 2.18. The van der Waals surface area contributed by atoms with Gasteiger partial charge in [0.1, 0.15) is 0 Å². The summed E-state index contributed by atoms with van der Waals surface area (Å²) in [5, 5.41) is 11.6. The van der Waals surface area contributed by atoms with Crippen LogP contribution in [-0.4, -0.2) is 22.0 Å². The number of H-pyrrole nitrogens is 1. The van der Waals surface area contributed by atoms with Crippen LogP contribution in [0.25, 0.3) is 0 Å². The molecular formula is C20H27N3O4S. The number of aryl methyl sites for hydroxylation is 1. The van der Waals surface area contributed by atoms with E-state index in [0.29, 0.717) is 16.5 Å². The second-order valence-electron chi connectivity index (χ2n) is 6.61. The Morgan fingerprint density at radius 3 is 2.64 bits per heavy atom. The van der Waals surface area contributed by atoms with Gasteiger partial charge in [-0.25, -0.2) is 4.98 Å². The van der Waals surface area contributed by atoms with E-state index in [0.717, 1.165) is 30.5 Å². The first kappa shape index (κ1) is 21.9. The van der Waals surface area contributed by atoms with E-state index in [-0.39, 0.29) is 17.0 Å². The van der Waals surface area contributed by atoms with Crippen molar-refractivity contribution in [2.45, 2.75) is 63.3 Å². The molecule has 7 nitrogen and oxygen atoms in total. The molecule has 0 aliphatic carbocycles. The Balaban J connectivity index is 2.07. The van der Waals surface area contributed by atoms with E-state index in [1.165, 1.54) is 44.2 Å². The Morgan fingerprint density at radius 2 is 2.00 bits per heavy atom. The minimum atomic E-state index is -0.466. The zero-order valence-electron chi connectivity index (χ0n) is 16.6. The zero-order valence-corrected chi connectivity index (χ0v) is 17.4. The third-order valence-corrected chi connectivity index (χ3v) is 5.49. The van der Waals surface area contributed by atoms with Crippen molar-refractivity contribution in [1.29, 1.82) is 0 Å². The molecule has 28 heavy (non-hydrogen) atoms. The number of unbranched alkanes of at least 4 members (excludes halogenated alkanes) is 4. The molecule has 1 aromatic carbocycles. The van der Waals surface area contributed by atoms with Crippen LogP contribution in [0.1, 0.15) is 55.8 Å². The molecular weight excluding hydrogens is 378 g/mol. The van der Waals surface area contributed by atoms with Crippen LogP contribution in [0, 0.1) is 17.0 Å². The van der Waals surface area contributed by atoms with Gasteiger partial charge in [0.2, 0.25) is 5.75 Å². The molecule has 2 rings (SSSR count). The lowest BCUT2D eigenvalue weighted by molar-refractivity contribution is -0.385. The molecule has 0 saturated heterocycles. The van der Waals surface area contributed by atoms with Crippen molar-refractivity contribution in [2.75, 3.05) is 7.11 Å². The second-order valence-corrected chi connectivity index (χ2v) is 7.58. The second kappa shape index (κ2) is 10.8. The quantitative estimate of drug-likeness (QED) is 0.190. The van der Waals surface area contributed by atoms with Crippen molar-refractivity contribution in [2.24, 2.45) is 0 Å². The fourth-order valence-electron chi connectivity index (χ4n) is 3.06. The van der Waals surface area contributed by atoms with E-state index < -0.39 is 4.92 Å². The van der Waals surface area contributed by atoms with Gasteiger partial charge in [-0.2, -0.15) is 0 Å². The molecule has 0 aliphatic rings. The molecule has 8 heteroatoms. The minimum absolute atomic E-state index is 0.0725. The van der Waals surface area contributed by atoms with Gasteiger partial charge in [-0.1, -0.05) is 56.5 Å². The normalized spacial score (nSPS) is 10.8. The number of nitrogens with zero attached hydrogens (tertiary/aromatic N) is 2. The number of thioether (sulfide) groups is 1. The molecule has 1 aromatic heterocycles. The lowest BCUT2D eigenvalue weighted by atomic mass is 10.1. The van der Waals surface area contributed by atoms with Crippen LogP contribution in [0.4, 0.5) is 5.69 Å². The van der Waals surface area contributed by atoms with E-state index >= 15 is 0 Å². The smallest absolute Gasteiger partial charge is 0.311 e. The van der Waals surface area contributed by atoms with Gasteiger partial charge in [-0.05, 0) is 19.8 Å². The average Bonchev–Trinajstić information content (AvgIpc) is 2.67. The van der Waals surface area contributed by atoms with E-state index in [9.17, 15) is 14.9 Å². The predicted octanol–water partition coefficient (Wildman–Crippen LogP) is 4.80. The summed E-state index contributed by atoms with van der Waals surface area (Å²) >= 11 is 1.33. The fraction of sp³-hybridized carbons (Fsp3) is 0.500. The van der Waals surface area contributed by atoms with Gasteiger partial charge in [0, 0.05) is 28.6 Å². The van der Waals surface area contributed by atoms with Crippen LogP contribution in [-0.2, 0) is 12.2 Å². The van der Waals surface area contributed by atoms with Crippen molar-refractivity contribution in [3.8, 4) is 5.75 Å². The van der Waals surface area contributed by atoms with Crippen molar-refractivity contribution in [3.63, 3.8) is 0 Å². The van der Waals surface area contributed by atoms with E-state index in [1.54, 1.807) is 12.1 Å². The highest BCUT2D eigenvalue weighted by atomic mass is 32.2. The number of hydrogen-bond acceptors (Lipinski definition) is 6. The maximum absolute atomic E-state index is 12.4. The number of ether oxygens (including phenoxy) is 1. The van der Waals surface area contributed by atoms with Crippen LogP contribution < -0.4 is 10.3 Å². The van der Waals surface area contributed by atoms with Gasteiger partial charge in [0.15, 0.2) is 5.16 Å². The number of rotatable bonds is 11. The summed E-state index contributed by atoms with van der Waals surface area (Å²) < 4.78 is 5.22. The van der Waals surface area contributed by atoms with Gasteiger partial charge in [-0.3, -0.25) is 14.9 Å². The Bertz CT molecular complexity index is 867. The molecule has 0 radical (unpaired) electrons. The molecule has 0 fully saturated rings. The Kier molecular flexibility index (Phi) is 8.50. The predicted molar refractivity (Wildman–Crippen MR) is 111 cm³/mol. The van der Waals surface area contributed by atoms with Crippen LogP contribution in [0.2, 0.25) is 0 Å². The molecule has 0 saturated carbocycles. The Morgan fingerprint density at radius 1 is 1.25 bits per heavy atom. The summed E-state index contributed by atoms with van der Waals surface area (Å²) in [6.07, 6.45) is 6.47. The van der Waals surface area contributed by atoms with E-state index in [2.05, 4.69) is 16.9 Å². The molecule has 0 bridgehead atoms. The van der Waals surface area contributed by atoms with Gasteiger partial charge < -0.3 is 9.72 Å². The zero-order chi connectivity index (χ0) is 20.5. The van der Waals surface area contributed by atoms with Crippen molar-refractivity contribution in [3.05, 3.63) is 55.5 Å². The largest absolute Gasteiger partial charge is 0.490 e. The third-order valence-electron chi connectivity index (χ3n) is 4.57. The van der Waals surface area contributed by atoms with Gasteiger partial charge in [0.05, 0.1) is 12.0 Å². The standard InChI is InChI=1S/C20H27N3O4S/c1-4-5-6-7-8-11-16-14(2)21-20(22-19(16)24)28-13-15-10-9-12-17(23(25)26)18(15)27-3/h9-10,12H,4-8,11,13H2,1-3H3,(H,21,22,24). The van der Waals surface area contributed by atoms with Crippen LogP contribution >= 0.6 is 11.8 Å². The Hall–Kier alpha value is -2.35. The number of para-hydroxylation sites is 1. The summed E-state index contributed by atoms with van der Waals surface area (Å²) in [5.41, 5.74) is 2.00. The SMILES string of the molecule is CCCCCCCc1c(C)nc(SCc2cccc([N+](=O)[O-])c2OC)[nH]c1=O. The van der Waals surface area contributed by atoms with E-state index in [4.69, 9.17) is 4.74 Å². The average molecular weight is 406 g/mol. The number of nitro benzene ring substituents is 1. The highest BCUT2D eigenvalue weighted by Crippen LogP contribution is 2.33. The van der Waals surface area contributed by atoms with E-state index in [1.807, 2.05) is 6.92 Å². The number of aromatic amines is 1. The third kappa shape index (κ3) is 5.82. The number of nitro groups is 1. The molecule has 1 heterocycles. The number of benzene rings is 1. The first-order valence-corrected chi connectivity index (χ1v) is 10.5. The molecule has 1 N–H and O–H groups in total. The topological polar surface area (TPSA) is 98.1 Å². The van der Waals surface area contributed by atoms with Crippen LogP contribution in [0.15, 0.2) is 28.2 Å². The number of methoxy groups -OCH3 is 1. The van der Waals surface area contributed by atoms with Crippen LogP contribution in [0.5, 0.6) is 5.75 Å². The van der Waals surface area contributed by atoms with Crippen molar-refractivity contribution < 1.29 is 9.66 Å². The summed E-state index contributed by atoms with van der Waals surface area (Å²) in [6, 6.07) is 4.81. The van der Waals surface area contributed by atoms with Gasteiger partial charge in [-0.15, -0.1) is 0 Å². The first-order valence-electron chi connectivity index (χ1n) is 9.50. The van der Waals surface area contributed by atoms with Crippen LogP contribution in [0.3, 0.4) is 0 Å². The monoisotopic (exact) mass is 405 g/mol. The van der Waals surface area contributed by atoms with Gasteiger partial charge in [0.25, 0.3) is 5.56 Å². The fourth-order valence-corrected chi connectivity index (χ4v) is 3.95. The maximum atomic E-state index is 12.4. The lowest BCUT2D eigenvalue weighted by Gasteiger charge is -2.09. The number of hydrogen-bond donors (Lipinski definition) is 1. The Labute approximate surface area is 169 Å². The highest BCUT2D eigenvalue weighted by molar-refractivity contribution is 7.98. The molecule has 0 aliphatic heterocycles. The maximum Gasteiger partial charge on any atom is 0.311 e. The lowest BCUT2D eigenvalue weighted by Crippen LogP contribution is -2.17.